The van der Waals surface area contributed by atoms with Crippen molar-refractivity contribution < 1.29 is 78.2 Å². The van der Waals surface area contributed by atoms with Gasteiger partial charge in [-0.1, -0.05) is 116 Å². The van der Waals surface area contributed by atoms with Crippen molar-refractivity contribution in [1.29, 1.82) is 0 Å². The van der Waals surface area contributed by atoms with E-state index in [2.05, 4.69) is 31.9 Å². The lowest BCUT2D eigenvalue weighted by atomic mass is 9.93. The molecule has 0 aromatic rings. The summed E-state index contributed by atoms with van der Waals surface area (Å²) in [5.74, 6) is -13.9. The van der Waals surface area contributed by atoms with Crippen molar-refractivity contribution in [3.8, 4) is 0 Å². The molecule has 9 amide bonds. The van der Waals surface area contributed by atoms with E-state index in [1.165, 1.54) is 34.9 Å². The lowest BCUT2D eigenvalue weighted by Gasteiger charge is -2.38. The van der Waals surface area contributed by atoms with Crippen LogP contribution in [0.3, 0.4) is 0 Å². The van der Waals surface area contributed by atoms with Gasteiger partial charge in [-0.3, -0.25) is 43.2 Å². The van der Waals surface area contributed by atoms with Gasteiger partial charge in [0.2, 0.25) is 53.4 Å². The number of nitrogens with one attached hydrogen (secondary N) is 6. The van der Waals surface area contributed by atoms with Crippen molar-refractivity contribution in [3.63, 3.8) is 0 Å². The third kappa shape index (κ3) is 19.3. The molecule has 1 fully saturated rings. The zero-order valence-corrected chi connectivity index (χ0v) is 49.9. The molecule has 0 unspecified atom stereocenters. The smallest absolute Gasteiger partial charge is 0.329 e. The topological polar surface area (TPSA) is 363 Å². The van der Waals surface area contributed by atoms with E-state index in [-0.39, 0.29) is 18.8 Å². The molecule has 25 heteroatoms. The molecular formula is C54H97N9O16. The number of hydrogen-bond donors (Lipinski definition) is 11. The van der Waals surface area contributed by atoms with Crippen LogP contribution in [-0.2, 0) is 52.7 Å². The van der Waals surface area contributed by atoms with Gasteiger partial charge >= 0.3 is 5.97 Å². The molecule has 16 atom stereocenters. The van der Waals surface area contributed by atoms with Crippen molar-refractivity contribution in [2.75, 3.05) is 34.4 Å². The summed E-state index contributed by atoms with van der Waals surface area (Å²) in [5, 5.41) is 69.1. The highest BCUT2D eigenvalue weighted by atomic mass is 16.6. The number of ether oxygens (including phenoxy) is 1. The van der Waals surface area contributed by atoms with Crippen LogP contribution in [0.2, 0.25) is 0 Å². The quantitative estimate of drug-likeness (QED) is 0.0787. The van der Waals surface area contributed by atoms with Gasteiger partial charge in [-0.15, -0.1) is 0 Å². The fourth-order valence-corrected chi connectivity index (χ4v) is 9.16. The summed E-state index contributed by atoms with van der Waals surface area (Å²) >= 11 is 0. The van der Waals surface area contributed by atoms with Gasteiger partial charge in [0.1, 0.15) is 66.6 Å². The number of carbonyl (C=O) groups is 10. The first-order valence-corrected chi connectivity index (χ1v) is 27.7. The van der Waals surface area contributed by atoms with Gasteiger partial charge in [-0.2, -0.15) is 0 Å². The van der Waals surface area contributed by atoms with Gasteiger partial charge in [0.25, 0.3) is 5.91 Å². The van der Waals surface area contributed by atoms with Gasteiger partial charge in [-0.05, 0) is 54.8 Å². The lowest BCUT2D eigenvalue weighted by Crippen LogP contribution is -2.64. The SMILES string of the molecule is CC[C@H](C)[C@@H]1NC(=O)[C@H](C(C)C)NC(=O)[C@H](C(C)C)N(C)C(=O)[C@H]([C@@H](C)CC)NC(=O)[C@H]([C@@H](C)O)N(C)C(=O)[C@H](C(C)C)NC(=O)[C@@H]([C@@H](O)[C@H](O)CO)OC(=O)[C@H](CC(C)C)N(C)C(=O)[C@H]([C@@H](C)CC)NC(=O)[C@H](CO)NC1=O. The first-order chi connectivity index (χ1) is 36.6. The van der Waals surface area contributed by atoms with Crippen molar-refractivity contribution in [2.24, 2.45) is 41.4 Å². The summed E-state index contributed by atoms with van der Waals surface area (Å²) in [5.41, 5.74) is 0. The first kappa shape index (κ1) is 71.5. The van der Waals surface area contributed by atoms with Gasteiger partial charge < -0.3 is 76.9 Å². The zero-order chi connectivity index (χ0) is 61.2. The number of cyclic esters (lactones) is 1. The van der Waals surface area contributed by atoms with E-state index < -0.39 is 187 Å². The molecule has 25 nitrogen and oxygen atoms in total. The van der Waals surface area contributed by atoms with Crippen LogP contribution in [0.15, 0.2) is 0 Å². The minimum atomic E-state index is -2.36. The maximum Gasteiger partial charge on any atom is 0.329 e. The van der Waals surface area contributed by atoms with E-state index in [1.807, 2.05) is 0 Å². The summed E-state index contributed by atoms with van der Waals surface area (Å²) < 4.78 is 5.64. The molecule has 0 aliphatic carbocycles. The van der Waals surface area contributed by atoms with Crippen LogP contribution in [0.5, 0.6) is 0 Å². The van der Waals surface area contributed by atoms with E-state index in [4.69, 9.17) is 4.74 Å². The van der Waals surface area contributed by atoms with Crippen molar-refractivity contribution in [3.05, 3.63) is 0 Å². The summed E-state index contributed by atoms with van der Waals surface area (Å²) in [6.07, 6.45) is -7.63. The Morgan fingerprint density at radius 2 is 0.861 bits per heavy atom. The van der Waals surface area contributed by atoms with Crippen molar-refractivity contribution in [1.82, 2.24) is 46.6 Å². The van der Waals surface area contributed by atoms with Crippen LogP contribution in [0.1, 0.15) is 130 Å². The molecule has 0 aromatic carbocycles. The molecule has 0 saturated carbocycles. The van der Waals surface area contributed by atoms with Crippen LogP contribution in [0.25, 0.3) is 0 Å². The second-order valence-electron chi connectivity index (χ2n) is 22.8. The van der Waals surface area contributed by atoms with Crippen LogP contribution < -0.4 is 31.9 Å². The van der Waals surface area contributed by atoms with E-state index in [0.29, 0.717) is 12.8 Å². The highest BCUT2D eigenvalue weighted by Crippen LogP contribution is 2.22. The maximum atomic E-state index is 14.7. The lowest BCUT2D eigenvalue weighted by molar-refractivity contribution is -0.176. The molecule has 1 saturated heterocycles. The zero-order valence-electron chi connectivity index (χ0n) is 49.9. The molecule has 1 rings (SSSR count). The molecule has 11 N–H and O–H groups in total. The second kappa shape index (κ2) is 32.7. The normalized spacial score (nSPS) is 28.5. The Hall–Kier alpha value is -5.50. The average Bonchev–Trinajstić information content (AvgIpc) is 3.38. The largest absolute Gasteiger partial charge is 0.448 e. The van der Waals surface area contributed by atoms with Crippen LogP contribution in [0.4, 0.5) is 0 Å². The Morgan fingerprint density at radius 3 is 1.29 bits per heavy atom. The van der Waals surface area contributed by atoms with Crippen LogP contribution >= 0.6 is 0 Å². The fourth-order valence-electron chi connectivity index (χ4n) is 9.16. The molecule has 1 aliphatic heterocycles. The second-order valence-corrected chi connectivity index (χ2v) is 22.8. The molecule has 454 valence electrons. The molecule has 0 bridgehead atoms. The number of aliphatic hydroxyl groups is 5. The number of amides is 9. The number of hydrogen-bond acceptors (Lipinski definition) is 16. The van der Waals surface area contributed by atoms with Crippen LogP contribution in [-0.4, -0.2) is 213 Å². The van der Waals surface area contributed by atoms with Crippen molar-refractivity contribution in [2.45, 2.75) is 208 Å². The number of nitrogens with zero attached hydrogens (tertiary/aromatic N) is 3. The minimum Gasteiger partial charge on any atom is -0.448 e. The Labute approximate surface area is 466 Å². The molecule has 1 heterocycles. The average molecular weight is 1130 g/mol. The summed E-state index contributed by atoms with van der Waals surface area (Å²) in [6, 6.07) is -13.3. The maximum absolute atomic E-state index is 14.7. The summed E-state index contributed by atoms with van der Waals surface area (Å²) in [6.45, 7) is 22.3. The molecule has 0 aromatic heterocycles. The summed E-state index contributed by atoms with van der Waals surface area (Å²) in [4.78, 5) is 147. The van der Waals surface area contributed by atoms with Gasteiger partial charge in [0, 0.05) is 21.1 Å². The van der Waals surface area contributed by atoms with Crippen LogP contribution in [0, 0.1) is 41.4 Å². The highest BCUT2D eigenvalue weighted by Gasteiger charge is 2.45. The van der Waals surface area contributed by atoms with Gasteiger partial charge in [0.15, 0.2) is 0 Å². The predicted molar refractivity (Wildman–Crippen MR) is 291 cm³/mol. The minimum absolute atomic E-state index is 0.132. The molecule has 0 radical (unpaired) electrons. The number of rotatable bonds is 16. The monoisotopic (exact) mass is 1130 g/mol. The molecular weight excluding hydrogens is 1030 g/mol. The molecule has 1 aliphatic rings. The number of likely N-dealkylation sites (N-methyl/N-ethyl adjacent to an activating group) is 3. The molecule has 79 heavy (non-hydrogen) atoms. The molecule has 0 spiro atoms. The summed E-state index contributed by atoms with van der Waals surface area (Å²) in [7, 11) is 3.74. The van der Waals surface area contributed by atoms with E-state index >= 15 is 0 Å². The van der Waals surface area contributed by atoms with E-state index in [0.717, 1.165) is 21.7 Å². The predicted octanol–water partition coefficient (Wildman–Crippen LogP) is -1.46. The Balaban J connectivity index is 4.35. The fraction of sp³-hybridized carbons (Fsp3) is 0.815. The first-order valence-electron chi connectivity index (χ1n) is 27.7. The van der Waals surface area contributed by atoms with E-state index in [9.17, 15) is 73.5 Å². The Morgan fingerprint density at radius 1 is 0.468 bits per heavy atom. The van der Waals surface area contributed by atoms with Crippen molar-refractivity contribution >= 4 is 59.1 Å². The Kier molecular flexibility index (Phi) is 29.6. The number of esters is 1. The third-order valence-corrected chi connectivity index (χ3v) is 15.0. The standard InChI is InChI=1S/C54H97N9O16/c1-19-29(12)38-47(71)55-33(23-64)45(69)59-39(30(13)20-2)52(76)61(16)34(22-25(4)5)54(78)79-44(43(68)35(67)24-65)50(74)57-37(27(8)9)51(75)63(18)42(32(15)66)49(73)60-40(31(14)21-3)53(77)62(17)41(28(10)11)48(72)56-36(26(6)7)46(70)58-38/h25-44,64-68H,19-24H2,1-18H3,(H,55,71)(H,56,72)(H,57,74)(H,58,70)(H,59,69)(H,60,73)/t29-,30-,31-,32+,33-,34-,35+,36-,37-,38-,39-,40-,41-,42-,43-,44+/m0/s1. The Bertz CT molecular complexity index is 2080. The third-order valence-electron chi connectivity index (χ3n) is 15.0. The van der Waals surface area contributed by atoms with Gasteiger partial charge in [0.05, 0.1) is 19.3 Å². The number of carbonyl (C=O) groups excluding carboxylic acids is 10. The van der Waals surface area contributed by atoms with E-state index in [1.54, 1.807) is 83.1 Å². The van der Waals surface area contributed by atoms with Gasteiger partial charge in [-0.25, -0.2) is 4.79 Å². The number of aliphatic hydroxyl groups excluding tert-OH is 5. The highest BCUT2D eigenvalue weighted by molar-refractivity contribution is 5.99.